The second-order valence-electron chi connectivity index (χ2n) is 4.87. The Morgan fingerprint density at radius 3 is 2.62 bits per heavy atom. The maximum Gasteiger partial charge on any atom is 0.433 e. The monoisotopic (exact) mass is 294 g/mol. The maximum atomic E-state index is 13.2. The number of hydrogen-bond donors (Lipinski definition) is 1. The molecule has 0 aromatic carbocycles. The molecule has 0 unspecified atom stereocenters. The van der Waals surface area contributed by atoms with Gasteiger partial charge in [-0.15, -0.1) is 0 Å². The fourth-order valence-electron chi connectivity index (χ4n) is 2.41. The van der Waals surface area contributed by atoms with Crippen LogP contribution in [0.5, 0.6) is 0 Å². The molecule has 0 amide bonds. The van der Waals surface area contributed by atoms with E-state index in [0.717, 1.165) is 5.56 Å². The lowest BCUT2D eigenvalue weighted by Gasteiger charge is -2.21. The van der Waals surface area contributed by atoms with Crippen LogP contribution in [-0.2, 0) is 25.6 Å². The van der Waals surface area contributed by atoms with Gasteiger partial charge in [0.05, 0.1) is 5.69 Å². The third-order valence-corrected chi connectivity index (χ3v) is 3.36. The van der Waals surface area contributed by atoms with E-state index in [1.807, 2.05) is 0 Å². The summed E-state index contributed by atoms with van der Waals surface area (Å²) in [7, 11) is 0. The van der Waals surface area contributed by atoms with Crippen LogP contribution < -0.4 is 5.32 Å². The molecule has 0 radical (unpaired) electrons. The highest BCUT2D eigenvalue weighted by molar-refractivity contribution is 5.31. The van der Waals surface area contributed by atoms with Gasteiger partial charge in [0.15, 0.2) is 5.69 Å². The van der Waals surface area contributed by atoms with Gasteiger partial charge in [-0.1, -0.05) is 0 Å². The molecule has 2 aromatic rings. The van der Waals surface area contributed by atoms with Crippen LogP contribution in [0.1, 0.15) is 28.3 Å². The zero-order valence-electron chi connectivity index (χ0n) is 11.1. The van der Waals surface area contributed by atoms with Gasteiger partial charge in [-0.2, -0.15) is 13.2 Å². The molecule has 0 spiro atoms. The molecule has 0 saturated carbocycles. The lowest BCUT2D eigenvalue weighted by atomic mass is 10.0. The molecular weight excluding hydrogens is 281 g/mol. The van der Waals surface area contributed by atoms with E-state index in [0.29, 0.717) is 25.2 Å². The Kier molecular flexibility index (Phi) is 3.59. The number of halogens is 3. The molecular formula is C14H13F3N4. The van der Waals surface area contributed by atoms with E-state index in [1.165, 1.54) is 0 Å². The Labute approximate surface area is 119 Å². The van der Waals surface area contributed by atoms with Crippen molar-refractivity contribution >= 4 is 0 Å². The molecule has 3 rings (SSSR count). The van der Waals surface area contributed by atoms with E-state index in [9.17, 15) is 13.2 Å². The Morgan fingerprint density at radius 2 is 1.90 bits per heavy atom. The molecule has 1 aliphatic heterocycles. The topological polar surface area (TPSA) is 50.7 Å². The summed E-state index contributed by atoms with van der Waals surface area (Å²) in [5.74, 6) is 0.191. The minimum absolute atomic E-state index is 0.191. The highest BCUT2D eigenvalue weighted by Gasteiger charge is 2.37. The molecule has 7 heteroatoms. The predicted octanol–water partition coefficient (Wildman–Crippen LogP) is 2.13. The van der Waals surface area contributed by atoms with Gasteiger partial charge >= 0.3 is 6.18 Å². The van der Waals surface area contributed by atoms with Crippen molar-refractivity contribution in [2.75, 3.05) is 6.54 Å². The van der Waals surface area contributed by atoms with Gasteiger partial charge in [0.1, 0.15) is 5.82 Å². The van der Waals surface area contributed by atoms with Gasteiger partial charge in [0, 0.05) is 30.9 Å². The minimum Gasteiger partial charge on any atom is -0.311 e. The average Bonchev–Trinajstić information content (AvgIpc) is 2.46. The van der Waals surface area contributed by atoms with Crippen LogP contribution in [-0.4, -0.2) is 21.5 Å². The van der Waals surface area contributed by atoms with Crippen molar-refractivity contribution in [1.82, 2.24) is 20.3 Å². The predicted molar refractivity (Wildman–Crippen MR) is 69.5 cm³/mol. The molecule has 21 heavy (non-hydrogen) atoms. The fourth-order valence-corrected chi connectivity index (χ4v) is 2.41. The van der Waals surface area contributed by atoms with Crippen molar-refractivity contribution in [3.63, 3.8) is 0 Å². The third kappa shape index (κ3) is 3.02. The number of hydrogen-bond acceptors (Lipinski definition) is 4. The van der Waals surface area contributed by atoms with Crippen LogP contribution in [0.4, 0.5) is 13.2 Å². The van der Waals surface area contributed by atoms with Crippen LogP contribution in [0.15, 0.2) is 24.5 Å². The van der Waals surface area contributed by atoms with Crippen molar-refractivity contribution in [3.05, 3.63) is 52.9 Å². The van der Waals surface area contributed by atoms with E-state index in [2.05, 4.69) is 20.3 Å². The number of pyridine rings is 1. The molecule has 110 valence electrons. The van der Waals surface area contributed by atoms with Gasteiger partial charge < -0.3 is 5.32 Å². The molecule has 3 heterocycles. The number of alkyl halides is 3. The summed E-state index contributed by atoms with van der Waals surface area (Å²) in [6, 6.07) is 3.49. The van der Waals surface area contributed by atoms with Gasteiger partial charge in [-0.3, -0.25) is 4.98 Å². The molecule has 0 atom stereocenters. The highest BCUT2D eigenvalue weighted by Crippen LogP contribution is 2.32. The number of nitrogens with zero attached hydrogens (tertiary/aromatic N) is 3. The molecule has 0 fully saturated rings. The number of nitrogens with one attached hydrogen (secondary N) is 1. The largest absolute Gasteiger partial charge is 0.433 e. The van der Waals surface area contributed by atoms with Crippen molar-refractivity contribution in [1.29, 1.82) is 0 Å². The quantitative estimate of drug-likeness (QED) is 0.922. The van der Waals surface area contributed by atoms with Gasteiger partial charge in [-0.25, -0.2) is 9.97 Å². The molecule has 2 aromatic heterocycles. The lowest BCUT2D eigenvalue weighted by Crippen LogP contribution is -2.29. The SMILES string of the molecule is FC(F)(F)c1nc(Cc2ccncc2)nc2c1CCNC2. The number of rotatable bonds is 2. The zero-order valence-corrected chi connectivity index (χ0v) is 11.1. The zero-order chi connectivity index (χ0) is 14.9. The standard InChI is InChI=1S/C14H13F3N4/c15-14(16,17)13-10-3-6-19-8-11(10)20-12(21-13)7-9-1-4-18-5-2-9/h1-2,4-5,19H,3,6-8H2. The van der Waals surface area contributed by atoms with Crippen molar-refractivity contribution < 1.29 is 13.2 Å². The van der Waals surface area contributed by atoms with Crippen LogP contribution in [0, 0.1) is 0 Å². The average molecular weight is 294 g/mol. The maximum absolute atomic E-state index is 13.2. The Morgan fingerprint density at radius 1 is 1.14 bits per heavy atom. The van der Waals surface area contributed by atoms with Gasteiger partial charge in [-0.05, 0) is 30.7 Å². The summed E-state index contributed by atoms with van der Waals surface area (Å²) in [6.07, 6.45) is -0.685. The number of fused-ring (bicyclic) bond motifs is 1. The van der Waals surface area contributed by atoms with Crippen LogP contribution in [0.2, 0.25) is 0 Å². The Balaban J connectivity index is 2.02. The molecule has 1 aliphatic rings. The highest BCUT2D eigenvalue weighted by atomic mass is 19.4. The van der Waals surface area contributed by atoms with Crippen molar-refractivity contribution in [2.24, 2.45) is 0 Å². The second kappa shape index (κ2) is 5.40. The van der Waals surface area contributed by atoms with Crippen LogP contribution in [0.3, 0.4) is 0 Å². The van der Waals surface area contributed by atoms with E-state index < -0.39 is 11.9 Å². The first-order valence-electron chi connectivity index (χ1n) is 6.59. The Hall–Kier alpha value is -2.02. The number of aromatic nitrogens is 3. The van der Waals surface area contributed by atoms with Gasteiger partial charge in [0.2, 0.25) is 0 Å². The smallest absolute Gasteiger partial charge is 0.311 e. The third-order valence-electron chi connectivity index (χ3n) is 3.36. The van der Waals surface area contributed by atoms with Crippen LogP contribution >= 0.6 is 0 Å². The lowest BCUT2D eigenvalue weighted by molar-refractivity contribution is -0.142. The van der Waals surface area contributed by atoms with Crippen molar-refractivity contribution in [2.45, 2.75) is 25.6 Å². The van der Waals surface area contributed by atoms with Crippen molar-refractivity contribution in [3.8, 4) is 0 Å². The first-order chi connectivity index (χ1) is 10.0. The normalized spacial score (nSPS) is 14.8. The van der Waals surface area contributed by atoms with Gasteiger partial charge in [0.25, 0.3) is 0 Å². The molecule has 1 N–H and O–H groups in total. The minimum atomic E-state index is -4.45. The van der Waals surface area contributed by atoms with Crippen LogP contribution in [0.25, 0.3) is 0 Å². The molecule has 0 saturated heterocycles. The van der Waals surface area contributed by atoms with E-state index >= 15 is 0 Å². The first kappa shape index (κ1) is 13.9. The van der Waals surface area contributed by atoms with E-state index in [-0.39, 0.29) is 17.8 Å². The molecule has 0 aliphatic carbocycles. The summed E-state index contributed by atoms with van der Waals surface area (Å²) in [4.78, 5) is 11.9. The summed E-state index contributed by atoms with van der Waals surface area (Å²) >= 11 is 0. The fraction of sp³-hybridized carbons (Fsp3) is 0.357. The second-order valence-corrected chi connectivity index (χ2v) is 4.87. The Bertz CT molecular complexity index is 641. The summed E-state index contributed by atoms with van der Waals surface area (Å²) in [6.45, 7) is 0.868. The summed E-state index contributed by atoms with van der Waals surface area (Å²) < 4.78 is 39.5. The molecule has 4 nitrogen and oxygen atoms in total. The first-order valence-corrected chi connectivity index (χ1v) is 6.59. The molecule has 0 bridgehead atoms. The van der Waals surface area contributed by atoms with E-state index in [1.54, 1.807) is 24.5 Å². The van der Waals surface area contributed by atoms with E-state index in [4.69, 9.17) is 0 Å². The summed E-state index contributed by atoms with van der Waals surface area (Å²) in [5.41, 5.74) is 0.715. The summed E-state index contributed by atoms with van der Waals surface area (Å²) in [5, 5.41) is 3.04.